The summed E-state index contributed by atoms with van der Waals surface area (Å²) in [6.07, 6.45) is 0. The molecule has 1 N–H and O–H groups in total. The average molecular weight is 269 g/mol. The quantitative estimate of drug-likeness (QED) is 0.639. The molecule has 0 unspecified atom stereocenters. The number of nitrogens with zero attached hydrogens (tertiary/aromatic N) is 2. The van der Waals surface area contributed by atoms with Crippen molar-refractivity contribution in [2.75, 3.05) is 18.8 Å². The molecule has 6 nitrogen and oxygen atoms in total. The van der Waals surface area contributed by atoms with Gasteiger partial charge in [-0.3, -0.25) is 9.69 Å². The maximum atomic E-state index is 11.3. The monoisotopic (exact) mass is 269 g/mol. The van der Waals surface area contributed by atoms with Crippen LogP contribution in [0.3, 0.4) is 0 Å². The number of hydrogen-bond acceptors (Lipinski definition) is 5. The Morgan fingerprint density at radius 2 is 2.22 bits per heavy atom. The Morgan fingerprint density at radius 1 is 1.44 bits per heavy atom. The molecule has 1 aliphatic rings. The maximum absolute atomic E-state index is 11.3. The lowest BCUT2D eigenvalue weighted by atomic mass is 10.2. The zero-order valence-electron chi connectivity index (χ0n) is 10.4. The van der Waals surface area contributed by atoms with Gasteiger partial charge in [-0.1, -0.05) is 5.16 Å². The Bertz CT molecular complexity index is 437. The molecule has 0 atom stereocenters. The van der Waals surface area contributed by atoms with Crippen molar-refractivity contribution in [3.05, 3.63) is 17.0 Å². The highest BCUT2D eigenvalue weighted by Crippen LogP contribution is 2.19. The summed E-state index contributed by atoms with van der Waals surface area (Å²) in [6.45, 7) is 4.35. The topological polar surface area (TPSA) is 75.4 Å². The van der Waals surface area contributed by atoms with Crippen LogP contribution in [0.15, 0.2) is 4.52 Å². The molecule has 0 saturated carbocycles. The highest BCUT2D eigenvalue weighted by Gasteiger charge is 2.27. The summed E-state index contributed by atoms with van der Waals surface area (Å²) in [7, 11) is 0. The minimum absolute atomic E-state index is 0.118. The van der Waals surface area contributed by atoms with Gasteiger partial charge in [-0.2, -0.15) is 11.8 Å². The van der Waals surface area contributed by atoms with E-state index < -0.39 is 0 Å². The summed E-state index contributed by atoms with van der Waals surface area (Å²) in [5.41, 5.74) is 1.99. The lowest BCUT2D eigenvalue weighted by Crippen LogP contribution is -2.32. The van der Waals surface area contributed by atoms with Crippen LogP contribution in [-0.2, 0) is 10.5 Å². The van der Waals surface area contributed by atoms with Crippen molar-refractivity contribution < 1.29 is 14.1 Å². The van der Waals surface area contributed by atoms with E-state index in [9.17, 15) is 9.59 Å². The summed E-state index contributed by atoms with van der Waals surface area (Å²) in [6, 6.07) is -0.294. The Kier molecular flexibility index (Phi) is 3.90. The Labute approximate surface area is 109 Å². The summed E-state index contributed by atoms with van der Waals surface area (Å²) in [5, 5.41) is 6.37. The van der Waals surface area contributed by atoms with Gasteiger partial charge in [0.25, 0.3) is 0 Å². The number of urea groups is 1. The second-order valence-corrected chi connectivity index (χ2v) is 5.16. The highest BCUT2D eigenvalue weighted by molar-refractivity contribution is 7.98. The van der Waals surface area contributed by atoms with E-state index in [2.05, 4.69) is 10.5 Å². The smallest absolute Gasteiger partial charge is 0.324 e. The number of aryl methyl sites for hydroxylation is 2. The molecule has 2 heterocycles. The average Bonchev–Trinajstić information content (AvgIpc) is 2.82. The van der Waals surface area contributed by atoms with E-state index in [1.165, 1.54) is 4.90 Å². The van der Waals surface area contributed by atoms with E-state index in [4.69, 9.17) is 4.52 Å². The first-order valence-electron chi connectivity index (χ1n) is 5.67. The van der Waals surface area contributed by atoms with Gasteiger partial charge in [0, 0.05) is 23.6 Å². The number of carbonyl (C=O) groups is 2. The molecule has 1 aromatic rings. The lowest BCUT2D eigenvalue weighted by molar-refractivity contribution is -0.124. The lowest BCUT2D eigenvalue weighted by Gasteiger charge is -2.11. The van der Waals surface area contributed by atoms with Crippen LogP contribution in [0.4, 0.5) is 4.79 Å². The van der Waals surface area contributed by atoms with Gasteiger partial charge in [0.05, 0.1) is 12.2 Å². The number of hydrogen-bond donors (Lipinski definition) is 1. The van der Waals surface area contributed by atoms with Crippen molar-refractivity contribution in [3.63, 3.8) is 0 Å². The van der Waals surface area contributed by atoms with Gasteiger partial charge in [-0.05, 0) is 13.8 Å². The molecule has 2 rings (SSSR count). The molecule has 1 aliphatic heterocycles. The second kappa shape index (κ2) is 5.43. The zero-order chi connectivity index (χ0) is 13.1. The molecule has 1 saturated heterocycles. The molecule has 0 bridgehead atoms. The summed E-state index contributed by atoms with van der Waals surface area (Å²) >= 11 is 1.66. The molecular weight excluding hydrogens is 254 g/mol. The predicted molar refractivity (Wildman–Crippen MR) is 67.3 cm³/mol. The van der Waals surface area contributed by atoms with Crippen LogP contribution in [0, 0.1) is 13.8 Å². The molecule has 98 valence electrons. The van der Waals surface area contributed by atoms with E-state index in [0.717, 1.165) is 22.8 Å². The number of amides is 3. The minimum atomic E-state index is -0.294. The molecule has 7 heteroatoms. The maximum Gasteiger partial charge on any atom is 0.324 e. The first kappa shape index (κ1) is 12.9. The van der Waals surface area contributed by atoms with Crippen LogP contribution < -0.4 is 5.32 Å². The van der Waals surface area contributed by atoms with Gasteiger partial charge >= 0.3 is 6.03 Å². The highest BCUT2D eigenvalue weighted by atomic mass is 32.2. The number of nitrogens with one attached hydrogen (secondary N) is 1. The number of carbonyl (C=O) groups excluding carboxylic acids is 2. The molecule has 1 fully saturated rings. The zero-order valence-corrected chi connectivity index (χ0v) is 11.2. The number of rotatable bonds is 5. The standard InChI is InChI=1S/C11H15N3O3S/c1-7-9(8(2)17-13-7)6-18-4-3-14-10(15)5-12-11(14)16/h3-6H2,1-2H3,(H,12,16). The third-order valence-electron chi connectivity index (χ3n) is 2.82. The van der Waals surface area contributed by atoms with Gasteiger partial charge in [0.1, 0.15) is 5.76 Å². The Morgan fingerprint density at radius 3 is 2.78 bits per heavy atom. The molecule has 3 amide bonds. The van der Waals surface area contributed by atoms with Gasteiger partial charge in [-0.15, -0.1) is 0 Å². The molecule has 0 aromatic carbocycles. The van der Waals surface area contributed by atoms with Gasteiger partial charge in [0.15, 0.2) is 0 Å². The summed E-state index contributed by atoms with van der Waals surface area (Å²) in [4.78, 5) is 23.8. The number of imide groups is 1. The van der Waals surface area contributed by atoms with Crippen LogP contribution >= 0.6 is 11.8 Å². The first-order chi connectivity index (χ1) is 8.59. The fraction of sp³-hybridized carbons (Fsp3) is 0.545. The SMILES string of the molecule is Cc1noc(C)c1CSCCN1C(=O)CNC1=O. The minimum Gasteiger partial charge on any atom is -0.361 e. The van der Waals surface area contributed by atoms with E-state index in [-0.39, 0.29) is 18.5 Å². The van der Waals surface area contributed by atoms with Crippen LogP contribution in [0.2, 0.25) is 0 Å². The van der Waals surface area contributed by atoms with Crippen molar-refractivity contribution in [1.82, 2.24) is 15.4 Å². The second-order valence-electron chi connectivity index (χ2n) is 4.06. The normalized spacial score (nSPS) is 15.3. The van der Waals surface area contributed by atoms with E-state index >= 15 is 0 Å². The van der Waals surface area contributed by atoms with E-state index in [1.54, 1.807) is 11.8 Å². The third kappa shape index (κ3) is 2.66. The molecule has 1 aromatic heterocycles. The van der Waals surface area contributed by atoms with Gasteiger partial charge < -0.3 is 9.84 Å². The van der Waals surface area contributed by atoms with Crippen LogP contribution in [-0.4, -0.2) is 40.8 Å². The number of aromatic nitrogens is 1. The van der Waals surface area contributed by atoms with E-state index in [1.807, 2.05) is 13.8 Å². The van der Waals surface area contributed by atoms with Crippen LogP contribution in [0.5, 0.6) is 0 Å². The molecule has 0 radical (unpaired) electrons. The van der Waals surface area contributed by atoms with Crippen molar-refractivity contribution in [1.29, 1.82) is 0 Å². The predicted octanol–water partition coefficient (Wildman–Crippen LogP) is 1.08. The third-order valence-corrected chi connectivity index (χ3v) is 3.79. The van der Waals surface area contributed by atoms with Crippen LogP contribution in [0.1, 0.15) is 17.0 Å². The molecular formula is C11H15N3O3S. The first-order valence-corrected chi connectivity index (χ1v) is 6.82. The molecule has 0 spiro atoms. The van der Waals surface area contributed by atoms with Crippen molar-refractivity contribution in [3.8, 4) is 0 Å². The molecule has 18 heavy (non-hydrogen) atoms. The van der Waals surface area contributed by atoms with Gasteiger partial charge in [-0.25, -0.2) is 4.79 Å². The van der Waals surface area contributed by atoms with Crippen molar-refractivity contribution in [2.24, 2.45) is 0 Å². The fourth-order valence-electron chi connectivity index (χ4n) is 1.72. The fourth-order valence-corrected chi connectivity index (χ4v) is 2.79. The summed E-state index contributed by atoms with van der Waals surface area (Å²) < 4.78 is 5.07. The Hall–Kier alpha value is -1.50. The Balaban J connectivity index is 1.77. The van der Waals surface area contributed by atoms with Crippen molar-refractivity contribution >= 4 is 23.7 Å². The number of thioether (sulfide) groups is 1. The van der Waals surface area contributed by atoms with Gasteiger partial charge in [0.2, 0.25) is 5.91 Å². The summed E-state index contributed by atoms with van der Waals surface area (Å²) in [5.74, 6) is 2.17. The van der Waals surface area contributed by atoms with Crippen LogP contribution in [0.25, 0.3) is 0 Å². The molecule has 0 aliphatic carbocycles. The largest absolute Gasteiger partial charge is 0.361 e. The van der Waals surface area contributed by atoms with E-state index in [0.29, 0.717) is 12.3 Å². The van der Waals surface area contributed by atoms with Crippen molar-refractivity contribution in [2.45, 2.75) is 19.6 Å².